The summed E-state index contributed by atoms with van der Waals surface area (Å²) in [6.45, 7) is 2.72. The summed E-state index contributed by atoms with van der Waals surface area (Å²) in [5, 5.41) is 2.65. The van der Waals surface area contributed by atoms with Crippen molar-refractivity contribution in [3.63, 3.8) is 0 Å². The van der Waals surface area contributed by atoms with E-state index < -0.39 is 0 Å². The molecule has 0 aliphatic rings. The smallest absolute Gasteiger partial charge is 0.305 e. The van der Waals surface area contributed by atoms with Gasteiger partial charge in [0.2, 0.25) is 0 Å². The topological polar surface area (TPSA) is 55.7 Å². The van der Waals surface area contributed by atoms with Crippen molar-refractivity contribution in [3.05, 3.63) is 4.91 Å². The van der Waals surface area contributed by atoms with Gasteiger partial charge in [0.25, 0.3) is 0 Å². The van der Waals surface area contributed by atoms with Gasteiger partial charge in [0, 0.05) is 6.42 Å². The Morgan fingerprint density at radius 1 is 1.42 bits per heavy atom. The number of esters is 1. The summed E-state index contributed by atoms with van der Waals surface area (Å²) in [6, 6.07) is 0. The number of unbranched alkanes of at least 4 members (excludes halogenated alkanes) is 1. The summed E-state index contributed by atoms with van der Waals surface area (Å²) in [5.41, 5.74) is 0. The molecule has 0 fully saturated rings. The zero-order valence-electron chi connectivity index (χ0n) is 7.41. The Morgan fingerprint density at radius 3 is 2.75 bits per heavy atom. The summed E-state index contributed by atoms with van der Waals surface area (Å²) in [4.78, 5) is 20.5. The third kappa shape index (κ3) is 7.18. The first-order chi connectivity index (χ1) is 5.81. The van der Waals surface area contributed by atoms with Crippen molar-refractivity contribution in [2.24, 2.45) is 5.18 Å². The lowest BCUT2D eigenvalue weighted by molar-refractivity contribution is -0.143. The lowest BCUT2D eigenvalue weighted by Gasteiger charge is -2.01. The van der Waals surface area contributed by atoms with Gasteiger partial charge in [0.15, 0.2) is 0 Å². The average Bonchev–Trinajstić information content (AvgIpc) is 2.06. The molecule has 0 amide bonds. The van der Waals surface area contributed by atoms with E-state index in [1.165, 1.54) is 0 Å². The van der Waals surface area contributed by atoms with Gasteiger partial charge in [-0.1, -0.05) is 18.5 Å². The fourth-order valence-electron chi connectivity index (χ4n) is 0.690. The van der Waals surface area contributed by atoms with Gasteiger partial charge in [-0.05, 0) is 12.8 Å². The fraction of sp³-hybridized carbons (Fsp3) is 0.875. The third-order valence-electron chi connectivity index (χ3n) is 1.39. The standard InChI is InChI=1S/C8H15NO3/c1-2-3-7-12-8(10)5-4-6-9-11/h2-7H2,1H3. The second kappa shape index (κ2) is 8.17. The number of hydrogen-bond donors (Lipinski definition) is 0. The number of carbonyl (C=O) groups is 1. The lowest BCUT2D eigenvalue weighted by atomic mass is 10.3. The molecule has 0 bridgehead atoms. The number of rotatable bonds is 7. The van der Waals surface area contributed by atoms with Gasteiger partial charge in [-0.15, -0.1) is 0 Å². The van der Waals surface area contributed by atoms with Gasteiger partial charge in [0.05, 0.1) is 13.2 Å². The van der Waals surface area contributed by atoms with Crippen molar-refractivity contribution in [2.75, 3.05) is 13.2 Å². The molecule has 0 aromatic heterocycles. The molecule has 0 saturated carbocycles. The maximum atomic E-state index is 10.8. The maximum absolute atomic E-state index is 10.8. The van der Waals surface area contributed by atoms with Crippen LogP contribution in [0.1, 0.15) is 32.6 Å². The molecular weight excluding hydrogens is 158 g/mol. The average molecular weight is 173 g/mol. The van der Waals surface area contributed by atoms with Crippen LogP contribution in [0.15, 0.2) is 5.18 Å². The molecule has 0 N–H and O–H groups in total. The van der Waals surface area contributed by atoms with E-state index in [0.717, 1.165) is 12.8 Å². The van der Waals surface area contributed by atoms with Gasteiger partial charge in [-0.25, -0.2) is 0 Å². The highest BCUT2D eigenvalue weighted by atomic mass is 16.5. The number of nitrogens with zero attached hydrogens (tertiary/aromatic N) is 1. The minimum Gasteiger partial charge on any atom is -0.466 e. The molecule has 0 rings (SSSR count). The first-order valence-corrected chi connectivity index (χ1v) is 4.26. The third-order valence-corrected chi connectivity index (χ3v) is 1.39. The monoisotopic (exact) mass is 173 g/mol. The fourth-order valence-corrected chi connectivity index (χ4v) is 0.690. The molecule has 0 spiro atoms. The molecule has 0 aliphatic heterocycles. The molecular formula is C8H15NO3. The molecule has 0 unspecified atom stereocenters. The van der Waals surface area contributed by atoms with Crippen LogP contribution in [0.5, 0.6) is 0 Å². The van der Waals surface area contributed by atoms with Crippen molar-refractivity contribution >= 4 is 5.97 Å². The Balaban J connectivity index is 3.15. The molecule has 0 saturated heterocycles. The predicted molar refractivity (Wildman–Crippen MR) is 45.8 cm³/mol. The second-order valence-corrected chi connectivity index (χ2v) is 2.53. The van der Waals surface area contributed by atoms with E-state index in [2.05, 4.69) is 5.18 Å². The van der Waals surface area contributed by atoms with Gasteiger partial charge >= 0.3 is 5.97 Å². The zero-order valence-corrected chi connectivity index (χ0v) is 7.41. The van der Waals surface area contributed by atoms with E-state index >= 15 is 0 Å². The molecule has 0 aliphatic carbocycles. The molecule has 0 aromatic rings. The van der Waals surface area contributed by atoms with Crippen LogP contribution in [0.3, 0.4) is 0 Å². The number of carbonyl (C=O) groups excluding carboxylic acids is 1. The van der Waals surface area contributed by atoms with E-state index in [0.29, 0.717) is 19.4 Å². The van der Waals surface area contributed by atoms with Gasteiger partial charge in [-0.2, -0.15) is 4.91 Å². The molecule has 4 nitrogen and oxygen atoms in total. The molecule has 4 heteroatoms. The van der Waals surface area contributed by atoms with Crippen LogP contribution in [0.25, 0.3) is 0 Å². The van der Waals surface area contributed by atoms with E-state index in [1.54, 1.807) is 0 Å². The quantitative estimate of drug-likeness (QED) is 0.335. The summed E-state index contributed by atoms with van der Waals surface area (Å²) in [6.07, 6.45) is 2.71. The van der Waals surface area contributed by atoms with E-state index in [9.17, 15) is 9.70 Å². The summed E-state index contributed by atoms with van der Waals surface area (Å²) in [5.74, 6) is -0.230. The van der Waals surface area contributed by atoms with Crippen molar-refractivity contribution in [1.29, 1.82) is 0 Å². The molecule has 0 aromatic carbocycles. The van der Waals surface area contributed by atoms with E-state index in [1.807, 2.05) is 6.92 Å². The van der Waals surface area contributed by atoms with E-state index in [-0.39, 0.29) is 12.5 Å². The van der Waals surface area contributed by atoms with Gasteiger partial charge in [-0.3, -0.25) is 4.79 Å². The predicted octanol–water partition coefficient (Wildman–Crippen LogP) is 1.88. The minimum absolute atomic E-state index is 0.197. The highest BCUT2D eigenvalue weighted by Crippen LogP contribution is 1.95. The van der Waals surface area contributed by atoms with Crippen LogP contribution in [0, 0.1) is 4.91 Å². The SMILES string of the molecule is CCCCOC(=O)CCCN=O. The Bertz CT molecular complexity index is 136. The molecule has 0 atom stereocenters. The van der Waals surface area contributed by atoms with Crippen LogP contribution in [0.4, 0.5) is 0 Å². The molecule has 12 heavy (non-hydrogen) atoms. The summed E-state index contributed by atoms with van der Waals surface area (Å²) >= 11 is 0. The van der Waals surface area contributed by atoms with Crippen LogP contribution in [-0.2, 0) is 9.53 Å². The number of nitroso groups, excluding NO2 is 1. The van der Waals surface area contributed by atoms with Gasteiger partial charge in [0.1, 0.15) is 0 Å². The first kappa shape index (κ1) is 11.1. The van der Waals surface area contributed by atoms with E-state index in [4.69, 9.17) is 4.74 Å². The van der Waals surface area contributed by atoms with Crippen LogP contribution < -0.4 is 0 Å². The Morgan fingerprint density at radius 2 is 2.17 bits per heavy atom. The normalized spacial score (nSPS) is 9.42. The molecule has 70 valence electrons. The van der Waals surface area contributed by atoms with Crippen molar-refractivity contribution < 1.29 is 9.53 Å². The highest BCUT2D eigenvalue weighted by Gasteiger charge is 2.00. The Labute approximate surface area is 72.3 Å². The van der Waals surface area contributed by atoms with Gasteiger partial charge < -0.3 is 4.74 Å². The number of ether oxygens (including phenoxy) is 1. The number of hydrogen-bond acceptors (Lipinski definition) is 4. The summed E-state index contributed by atoms with van der Waals surface area (Å²) in [7, 11) is 0. The van der Waals surface area contributed by atoms with Crippen LogP contribution in [-0.4, -0.2) is 19.1 Å². The lowest BCUT2D eigenvalue weighted by Crippen LogP contribution is -2.05. The zero-order chi connectivity index (χ0) is 9.23. The van der Waals surface area contributed by atoms with Crippen molar-refractivity contribution in [1.82, 2.24) is 0 Å². The Kier molecular flexibility index (Phi) is 7.54. The van der Waals surface area contributed by atoms with Crippen LogP contribution in [0.2, 0.25) is 0 Å². The van der Waals surface area contributed by atoms with Crippen molar-refractivity contribution in [3.8, 4) is 0 Å². The van der Waals surface area contributed by atoms with Crippen molar-refractivity contribution in [2.45, 2.75) is 32.6 Å². The minimum atomic E-state index is -0.230. The Hall–Kier alpha value is -0.930. The second-order valence-electron chi connectivity index (χ2n) is 2.53. The first-order valence-electron chi connectivity index (χ1n) is 4.26. The molecule has 0 heterocycles. The largest absolute Gasteiger partial charge is 0.466 e. The highest BCUT2D eigenvalue weighted by molar-refractivity contribution is 5.69. The summed E-state index contributed by atoms with van der Waals surface area (Å²) < 4.78 is 4.85. The van der Waals surface area contributed by atoms with Crippen LogP contribution >= 0.6 is 0 Å². The molecule has 0 radical (unpaired) electrons. The maximum Gasteiger partial charge on any atom is 0.305 e.